The molecule has 2 aromatic carbocycles. The lowest BCUT2D eigenvalue weighted by atomic mass is 10.0. The monoisotopic (exact) mass is 638 g/mol. The second kappa shape index (κ2) is 20.7. The number of hydrogen-bond acceptors (Lipinski definition) is 7. The summed E-state index contributed by atoms with van der Waals surface area (Å²) in [5, 5.41) is 19.1. The molecular weight excluding hydrogens is 588 g/mol. The van der Waals surface area contributed by atoms with Crippen molar-refractivity contribution >= 4 is 29.6 Å². The number of unbranched alkanes of at least 4 members (excludes halogenated alkanes) is 3. The molecule has 0 unspecified atom stereocenters. The molecule has 0 aliphatic rings. The first-order valence-electron chi connectivity index (χ1n) is 16.1. The molecule has 3 atom stereocenters. The number of benzene rings is 2. The highest BCUT2D eigenvalue weighted by molar-refractivity contribution is 5.99. The first kappa shape index (κ1) is 37.9. The van der Waals surface area contributed by atoms with Gasteiger partial charge in [0.15, 0.2) is 0 Å². The van der Waals surface area contributed by atoms with E-state index in [-0.39, 0.29) is 6.42 Å². The second-order valence-electron chi connectivity index (χ2n) is 11.4. The van der Waals surface area contributed by atoms with Crippen LogP contribution in [0.15, 0.2) is 48.5 Å². The minimum Gasteiger partial charge on any atom is -0.480 e. The van der Waals surface area contributed by atoms with E-state index in [1.807, 2.05) is 12.1 Å². The Morgan fingerprint density at radius 2 is 1.22 bits per heavy atom. The summed E-state index contributed by atoms with van der Waals surface area (Å²) in [6, 6.07) is 12.6. The molecular formula is C34H50N6O6. The number of amides is 4. The standard InChI is InChI=1S/C34H50N6O6/c1-3-4-9-24-12-14-25(15-13-24)26-16-18-27(19-17-26)32(44)39-29(11-6-8-21-36)34(46)40-28(10-5-7-20-35)33(45)38-23(2)31(43)37-22-30(41)42/h12-19,23,28-29H,3-11,20-22,35-36H2,1-2H3,(H,37,43)(H,38,45)(H,39,44)(H,40,46)(H,41,42)/t23-,28-,29-/m0/s1. The fourth-order valence-electron chi connectivity index (χ4n) is 4.79. The van der Waals surface area contributed by atoms with Crippen LogP contribution in [0.3, 0.4) is 0 Å². The lowest BCUT2D eigenvalue weighted by Crippen LogP contribution is -2.56. The lowest BCUT2D eigenvalue weighted by molar-refractivity contribution is -0.138. The maximum Gasteiger partial charge on any atom is 0.322 e. The third-order valence-electron chi connectivity index (χ3n) is 7.57. The van der Waals surface area contributed by atoms with Crippen molar-refractivity contribution in [1.82, 2.24) is 21.3 Å². The van der Waals surface area contributed by atoms with Crippen molar-refractivity contribution in [3.8, 4) is 11.1 Å². The second-order valence-corrected chi connectivity index (χ2v) is 11.4. The summed E-state index contributed by atoms with van der Waals surface area (Å²) >= 11 is 0. The molecule has 12 heteroatoms. The van der Waals surface area contributed by atoms with Crippen LogP contribution in [0.1, 0.15) is 81.1 Å². The fraction of sp³-hybridized carbons (Fsp3) is 0.500. The first-order valence-corrected chi connectivity index (χ1v) is 16.1. The molecule has 9 N–H and O–H groups in total. The predicted molar refractivity (Wildman–Crippen MR) is 178 cm³/mol. The molecule has 0 aliphatic heterocycles. The summed E-state index contributed by atoms with van der Waals surface area (Å²) in [6.45, 7) is 3.82. The molecule has 46 heavy (non-hydrogen) atoms. The summed E-state index contributed by atoms with van der Waals surface area (Å²) in [7, 11) is 0. The van der Waals surface area contributed by atoms with Gasteiger partial charge in [-0.05, 0) is 100 Å². The van der Waals surface area contributed by atoms with Crippen molar-refractivity contribution in [2.24, 2.45) is 11.5 Å². The number of rotatable bonds is 21. The highest BCUT2D eigenvalue weighted by Gasteiger charge is 2.28. The van der Waals surface area contributed by atoms with Crippen molar-refractivity contribution in [2.75, 3.05) is 19.6 Å². The molecule has 0 spiro atoms. The zero-order valence-electron chi connectivity index (χ0n) is 27.0. The van der Waals surface area contributed by atoms with Gasteiger partial charge in [-0.25, -0.2) is 0 Å². The van der Waals surface area contributed by atoms with Crippen LogP contribution >= 0.6 is 0 Å². The van der Waals surface area contributed by atoms with Crippen molar-refractivity contribution in [3.63, 3.8) is 0 Å². The lowest BCUT2D eigenvalue weighted by Gasteiger charge is -2.24. The molecule has 0 saturated heterocycles. The Morgan fingerprint density at radius 3 is 1.74 bits per heavy atom. The number of carboxylic acids is 1. The molecule has 0 radical (unpaired) electrons. The van der Waals surface area contributed by atoms with E-state index in [4.69, 9.17) is 16.6 Å². The third kappa shape index (κ3) is 13.4. The Hall–Kier alpha value is -4.29. The average Bonchev–Trinajstić information content (AvgIpc) is 3.05. The molecule has 0 aliphatic carbocycles. The maximum absolute atomic E-state index is 13.5. The number of hydrogen-bond donors (Lipinski definition) is 7. The Morgan fingerprint density at radius 1 is 0.696 bits per heavy atom. The molecule has 0 bridgehead atoms. The van der Waals surface area contributed by atoms with Gasteiger partial charge in [0.1, 0.15) is 24.7 Å². The van der Waals surface area contributed by atoms with Crippen LogP contribution in [0, 0.1) is 0 Å². The summed E-state index contributed by atoms with van der Waals surface area (Å²) in [4.78, 5) is 62.8. The minimum atomic E-state index is -1.22. The van der Waals surface area contributed by atoms with Gasteiger partial charge >= 0.3 is 5.97 Å². The fourth-order valence-corrected chi connectivity index (χ4v) is 4.79. The van der Waals surface area contributed by atoms with Gasteiger partial charge in [0, 0.05) is 5.56 Å². The van der Waals surface area contributed by atoms with Gasteiger partial charge in [-0.3, -0.25) is 24.0 Å². The normalized spacial score (nSPS) is 12.8. The molecule has 0 saturated carbocycles. The van der Waals surface area contributed by atoms with Gasteiger partial charge in [0.05, 0.1) is 0 Å². The van der Waals surface area contributed by atoms with Crippen LogP contribution in [0.25, 0.3) is 11.1 Å². The number of carbonyl (C=O) groups excluding carboxylic acids is 4. The number of carbonyl (C=O) groups is 5. The van der Waals surface area contributed by atoms with E-state index in [2.05, 4.69) is 52.5 Å². The van der Waals surface area contributed by atoms with Crippen LogP contribution in [0.4, 0.5) is 0 Å². The molecule has 12 nitrogen and oxygen atoms in total. The molecule has 0 heterocycles. The third-order valence-corrected chi connectivity index (χ3v) is 7.57. The maximum atomic E-state index is 13.5. The Labute approximate surface area is 271 Å². The van der Waals surface area contributed by atoms with Crippen molar-refractivity contribution in [3.05, 3.63) is 59.7 Å². The van der Waals surface area contributed by atoms with E-state index >= 15 is 0 Å². The highest BCUT2D eigenvalue weighted by Crippen LogP contribution is 2.21. The Kier molecular flexibility index (Phi) is 17.0. The van der Waals surface area contributed by atoms with Crippen LogP contribution in [-0.2, 0) is 25.6 Å². The van der Waals surface area contributed by atoms with Crippen molar-refractivity contribution in [1.29, 1.82) is 0 Å². The zero-order valence-corrected chi connectivity index (χ0v) is 27.0. The molecule has 0 aromatic heterocycles. The van der Waals surface area contributed by atoms with Crippen LogP contribution in [0.2, 0.25) is 0 Å². The van der Waals surface area contributed by atoms with Crippen molar-refractivity contribution < 1.29 is 29.1 Å². The first-order chi connectivity index (χ1) is 22.1. The largest absolute Gasteiger partial charge is 0.480 e. The van der Waals surface area contributed by atoms with Gasteiger partial charge in [-0.1, -0.05) is 49.7 Å². The topological polar surface area (TPSA) is 206 Å². The SMILES string of the molecule is CCCCc1ccc(-c2ccc(C(=O)N[C@@H](CCCCN)C(=O)N[C@@H](CCCCN)C(=O)N[C@@H](C)C(=O)NCC(=O)O)cc2)cc1. The van der Waals surface area contributed by atoms with Gasteiger partial charge in [0.25, 0.3) is 5.91 Å². The summed E-state index contributed by atoms with van der Waals surface area (Å²) in [5.41, 5.74) is 15.0. The van der Waals surface area contributed by atoms with Crippen molar-refractivity contribution in [2.45, 2.75) is 89.8 Å². The van der Waals surface area contributed by atoms with Gasteiger partial charge < -0.3 is 37.8 Å². The Balaban J connectivity index is 2.13. The number of nitrogens with one attached hydrogen (secondary N) is 4. The van der Waals surface area contributed by atoms with Crippen LogP contribution in [-0.4, -0.2) is 72.5 Å². The van der Waals surface area contributed by atoms with Gasteiger partial charge in [0.2, 0.25) is 17.7 Å². The summed E-state index contributed by atoms with van der Waals surface area (Å²) in [6.07, 6.45) is 6.26. The minimum absolute atomic E-state index is 0.253. The Bertz CT molecular complexity index is 1270. The number of carboxylic acid groups (broad SMARTS) is 1. The number of aryl methyl sites for hydroxylation is 1. The average molecular weight is 639 g/mol. The molecule has 4 amide bonds. The molecule has 0 fully saturated rings. The van der Waals surface area contributed by atoms with E-state index in [0.717, 1.165) is 30.4 Å². The van der Waals surface area contributed by atoms with E-state index in [0.29, 0.717) is 50.8 Å². The molecule has 252 valence electrons. The smallest absolute Gasteiger partial charge is 0.322 e. The number of nitrogens with two attached hydrogens (primary N) is 2. The van der Waals surface area contributed by atoms with E-state index < -0.39 is 54.3 Å². The summed E-state index contributed by atoms with van der Waals surface area (Å²) in [5.74, 6) is -3.47. The van der Waals surface area contributed by atoms with Gasteiger partial charge in [-0.2, -0.15) is 0 Å². The molecule has 2 rings (SSSR count). The van der Waals surface area contributed by atoms with Crippen LogP contribution in [0.5, 0.6) is 0 Å². The number of aliphatic carboxylic acids is 1. The zero-order chi connectivity index (χ0) is 33.9. The summed E-state index contributed by atoms with van der Waals surface area (Å²) < 4.78 is 0. The predicted octanol–water partition coefficient (Wildman–Crippen LogP) is 2.24. The quantitative estimate of drug-likeness (QED) is 0.101. The van der Waals surface area contributed by atoms with E-state index in [9.17, 15) is 24.0 Å². The van der Waals surface area contributed by atoms with Crippen LogP contribution < -0.4 is 32.7 Å². The van der Waals surface area contributed by atoms with Gasteiger partial charge in [-0.15, -0.1) is 0 Å². The van der Waals surface area contributed by atoms with E-state index in [1.54, 1.807) is 12.1 Å². The van der Waals surface area contributed by atoms with E-state index in [1.165, 1.54) is 12.5 Å². The highest BCUT2D eigenvalue weighted by atomic mass is 16.4. The molecule has 2 aromatic rings.